The van der Waals surface area contributed by atoms with Gasteiger partial charge in [-0.3, -0.25) is 0 Å². The Labute approximate surface area is 85.8 Å². The average molecular weight is 190 g/mol. The lowest BCUT2D eigenvalue weighted by atomic mass is 9.92. The van der Waals surface area contributed by atoms with Crippen molar-refractivity contribution < 1.29 is 5.11 Å². The van der Waals surface area contributed by atoms with Crippen molar-refractivity contribution in [2.75, 3.05) is 0 Å². The number of phenolic OH excluding ortho intramolecular Hbond substituents is 1. The third kappa shape index (κ3) is 1.63. The van der Waals surface area contributed by atoms with E-state index in [0.29, 0.717) is 11.7 Å². The molecule has 1 heteroatoms. The van der Waals surface area contributed by atoms with Crippen molar-refractivity contribution in [3.8, 4) is 5.75 Å². The molecule has 1 aliphatic carbocycles. The fourth-order valence-electron chi connectivity index (χ4n) is 2.53. The van der Waals surface area contributed by atoms with E-state index in [4.69, 9.17) is 0 Å². The van der Waals surface area contributed by atoms with Gasteiger partial charge in [0.05, 0.1) is 0 Å². The highest BCUT2D eigenvalue weighted by molar-refractivity contribution is 5.42. The molecule has 0 atom stereocenters. The topological polar surface area (TPSA) is 20.2 Å². The Bertz CT molecular complexity index is 335. The van der Waals surface area contributed by atoms with E-state index in [2.05, 4.69) is 13.0 Å². The highest BCUT2D eigenvalue weighted by Crippen LogP contribution is 2.37. The van der Waals surface area contributed by atoms with Crippen LogP contribution in [0.1, 0.15) is 48.3 Å². The van der Waals surface area contributed by atoms with Crippen LogP contribution in [0.2, 0.25) is 0 Å². The van der Waals surface area contributed by atoms with Crippen LogP contribution in [0.25, 0.3) is 0 Å². The van der Waals surface area contributed by atoms with Gasteiger partial charge in [0.25, 0.3) is 0 Å². The molecule has 0 aromatic heterocycles. The summed E-state index contributed by atoms with van der Waals surface area (Å²) in [5.74, 6) is 1.15. The first-order valence-electron chi connectivity index (χ1n) is 5.48. The predicted octanol–water partition coefficient (Wildman–Crippen LogP) is 3.67. The minimum Gasteiger partial charge on any atom is -0.508 e. The smallest absolute Gasteiger partial charge is 0.118 e. The Morgan fingerprint density at radius 3 is 2.36 bits per heavy atom. The zero-order chi connectivity index (χ0) is 10.1. The summed E-state index contributed by atoms with van der Waals surface area (Å²) in [5.41, 5.74) is 3.70. The number of aromatic hydroxyl groups is 1. The van der Waals surface area contributed by atoms with E-state index in [1.165, 1.54) is 36.8 Å². The summed E-state index contributed by atoms with van der Waals surface area (Å²) in [5, 5.41) is 9.68. The molecule has 1 aliphatic rings. The predicted molar refractivity (Wildman–Crippen MR) is 58.8 cm³/mol. The Morgan fingerprint density at radius 2 is 1.71 bits per heavy atom. The van der Waals surface area contributed by atoms with Crippen LogP contribution >= 0.6 is 0 Å². The Balaban J connectivity index is 2.37. The van der Waals surface area contributed by atoms with Gasteiger partial charge in [0, 0.05) is 0 Å². The van der Waals surface area contributed by atoms with Crippen LogP contribution in [-0.4, -0.2) is 5.11 Å². The molecule has 2 rings (SSSR count). The van der Waals surface area contributed by atoms with E-state index in [1.54, 1.807) is 0 Å². The van der Waals surface area contributed by atoms with Gasteiger partial charge in [-0.05, 0) is 55.4 Å². The molecule has 0 unspecified atom stereocenters. The van der Waals surface area contributed by atoms with Gasteiger partial charge in [0.1, 0.15) is 5.75 Å². The lowest BCUT2D eigenvalue weighted by molar-refractivity contribution is 0.469. The van der Waals surface area contributed by atoms with E-state index in [0.717, 1.165) is 5.56 Å². The lowest BCUT2D eigenvalue weighted by Gasteiger charge is -2.14. The summed E-state index contributed by atoms with van der Waals surface area (Å²) in [6.45, 7) is 4.11. The fraction of sp³-hybridized carbons (Fsp3) is 0.538. The summed E-state index contributed by atoms with van der Waals surface area (Å²) < 4.78 is 0. The quantitative estimate of drug-likeness (QED) is 0.716. The molecule has 0 amide bonds. The van der Waals surface area contributed by atoms with Crippen LogP contribution < -0.4 is 0 Å². The van der Waals surface area contributed by atoms with Crippen LogP contribution in [0.4, 0.5) is 0 Å². The highest BCUT2D eigenvalue weighted by Gasteiger charge is 2.19. The molecule has 0 aliphatic heterocycles. The van der Waals surface area contributed by atoms with Gasteiger partial charge in [-0.25, -0.2) is 0 Å². The molecule has 0 spiro atoms. The first-order chi connectivity index (χ1) is 6.68. The van der Waals surface area contributed by atoms with E-state index < -0.39 is 0 Å². The van der Waals surface area contributed by atoms with Crippen molar-refractivity contribution >= 4 is 0 Å². The van der Waals surface area contributed by atoms with Crippen LogP contribution in [0.5, 0.6) is 5.75 Å². The van der Waals surface area contributed by atoms with Gasteiger partial charge in [-0.15, -0.1) is 0 Å². The second-order valence-electron chi connectivity index (χ2n) is 4.48. The van der Waals surface area contributed by atoms with Crippen LogP contribution in [0.15, 0.2) is 12.1 Å². The van der Waals surface area contributed by atoms with Crippen molar-refractivity contribution in [3.05, 3.63) is 28.8 Å². The molecular formula is C13H18O. The molecule has 0 saturated heterocycles. The fourth-order valence-corrected chi connectivity index (χ4v) is 2.53. The van der Waals surface area contributed by atoms with Crippen LogP contribution in [-0.2, 0) is 0 Å². The van der Waals surface area contributed by atoms with Crippen molar-refractivity contribution in [2.24, 2.45) is 0 Å². The van der Waals surface area contributed by atoms with Gasteiger partial charge in [0.15, 0.2) is 0 Å². The number of hydrogen-bond donors (Lipinski definition) is 1. The van der Waals surface area contributed by atoms with Crippen molar-refractivity contribution in [1.82, 2.24) is 0 Å². The summed E-state index contributed by atoms with van der Waals surface area (Å²) in [6.07, 6.45) is 5.28. The normalized spacial score (nSPS) is 17.6. The van der Waals surface area contributed by atoms with Crippen LogP contribution in [0, 0.1) is 13.8 Å². The van der Waals surface area contributed by atoms with Gasteiger partial charge >= 0.3 is 0 Å². The second-order valence-corrected chi connectivity index (χ2v) is 4.48. The van der Waals surface area contributed by atoms with Crippen LogP contribution in [0.3, 0.4) is 0 Å². The summed E-state index contributed by atoms with van der Waals surface area (Å²) >= 11 is 0. The number of phenols is 1. The van der Waals surface area contributed by atoms with Gasteiger partial charge in [-0.2, -0.15) is 0 Å². The minimum atomic E-state index is 0.456. The maximum absolute atomic E-state index is 9.68. The van der Waals surface area contributed by atoms with Crippen molar-refractivity contribution in [2.45, 2.75) is 45.4 Å². The molecule has 1 N–H and O–H groups in total. The SMILES string of the molecule is Cc1cc(C)c(C2CCCC2)cc1O. The summed E-state index contributed by atoms with van der Waals surface area (Å²) in [4.78, 5) is 0. The number of hydrogen-bond acceptors (Lipinski definition) is 1. The lowest BCUT2D eigenvalue weighted by Crippen LogP contribution is -1.96. The van der Waals surface area contributed by atoms with Gasteiger partial charge < -0.3 is 5.11 Å². The minimum absolute atomic E-state index is 0.456. The number of aryl methyl sites for hydroxylation is 2. The Kier molecular flexibility index (Phi) is 2.49. The molecular weight excluding hydrogens is 172 g/mol. The van der Waals surface area contributed by atoms with Gasteiger partial charge in [0.2, 0.25) is 0 Å². The molecule has 76 valence electrons. The number of benzene rings is 1. The third-order valence-corrected chi connectivity index (χ3v) is 3.38. The first kappa shape index (κ1) is 9.57. The highest BCUT2D eigenvalue weighted by atomic mass is 16.3. The Hall–Kier alpha value is -0.980. The molecule has 0 bridgehead atoms. The van der Waals surface area contributed by atoms with E-state index in [-0.39, 0.29) is 0 Å². The molecule has 0 heterocycles. The third-order valence-electron chi connectivity index (χ3n) is 3.38. The van der Waals surface area contributed by atoms with E-state index in [9.17, 15) is 5.11 Å². The summed E-state index contributed by atoms with van der Waals surface area (Å²) in [6, 6.07) is 4.07. The molecule has 1 aromatic rings. The largest absolute Gasteiger partial charge is 0.508 e. The Morgan fingerprint density at radius 1 is 1.07 bits per heavy atom. The van der Waals surface area contributed by atoms with Crippen molar-refractivity contribution in [3.63, 3.8) is 0 Å². The van der Waals surface area contributed by atoms with E-state index in [1.807, 2.05) is 13.0 Å². The molecule has 0 radical (unpaired) electrons. The van der Waals surface area contributed by atoms with E-state index >= 15 is 0 Å². The zero-order valence-electron chi connectivity index (χ0n) is 9.01. The van der Waals surface area contributed by atoms with Gasteiger partial charge in [-0.1, -0.05) is 18.9 Å². The molecule has 14 heavy (non-hydrogen) atoms. The number of rotatable bonds is 1. The maximum atomic E-state index is 9.68. The monoisotopic (exact) mass is 190 g/mol. The molecule has 1 nitrogen and oxygen atoms in total. The first-order valence-corrected chi connectivity index (χ1v) is 5.48. The zero-order valence-corrected chi connectivity index (χ0v) is 9.01. The molecule has 1 aromatic carbocycles. The summed E-state index contributed by atoms with van der Waals surface area (Å²) in [7, 11) is 0. The second kappa shape index (κ2) is 3.64. The molecule has 1 fully saturated rings. The average Bonchev–Trinajstić information content (AvgIpc) is 2.64. The van der Waals surface area contributed by atoms with Crippen molar-refractivity contribution in [1.29, 1.82) is 0 Å². The standard InChI is InChI=1S/C13H18O/c1-9-7-10(2)13(14)8-12(9)11-5-3-4-6-11/h7-8,11,14H,3-6H2,1-2H3. The maximum Gasteiger partial charge on any atom is 0.118 e. The molecule has 1 saturated carbocycles.